The van der Waals surface area contributed by atoms with Gasteiger partial charge in [0.05, 0.1) is 5.60 Å². The summed E-state index contributed by atoms with van der Waals surface area (Å²) in [4.78, 5) is 23.9. The first-order valence-corrected chi connectivity index (χ1v) is 8.17. The first-order chi connectivity index (χ1) is 11.3. The van der Waals surface area contributed by atoms with Gasteiger partial charge in [-0.2, -0.15) is 0 Å². The largest absolute Gasteiger partial charge is 0.490 e. The molecule has 0 amide bonds. The van der Waals surface area contributed by atoms with Crippen molar-refractivity contribution in [2.45, 2.75) is 45.8 Å². The summed E-state index contributed by atoms with van der Waals surface area (Å²) >= 11 is 0. The topological polar surface area (TPSA) is 69.0 Å². The molecular formula is C19H22O5. The lowest BCUT2D eigenvalue weighted by Gasteiger charge is -2.13. The second-order valence-corrected chi connectivity index (χ2v) is 7.03. The third kappa shape index (κ3) is 3.36. The second kappa shape index (κ2) is 6.06. The Bertz CT molecular complexity index is 831. The zero-order valence-electron chi connectivity index (χ0n) is 14.4. The van der Waals surface area contributed by atoms with Crippen molar-refractivity contribution < 1.29 is 18.7 Å². The average molecular weight is 330 g/mol. The number of benzene rings is 1. The van der Waals surface area contributed by atoms with E-state index in [-0.39, 0.29) is 29.8 Å². The lowest BCUT2D eigenvalue weighted by atomic mass is 9.98. The molecule has 1 atom stereocenters. The molecule has 1 aliphatic rings. The van der Waals surface area contributed by atoms with Gasteiger partial charge < -0.3 is 13.9 Å². The fourth-order valence-electron chi connectivity index (χ4n) is 2.59. The van der Waals surface area contributed by atoms with Crippen LogP contribution in [-0.2, 0) is 16.0 Å². The highest BCUT2D eigenvalue weighted by Gasteiger charge is 2.48. The number of ketones is 1. The summed E-state index contributed by atoms with van der Waals surface area (Å²) in [6.07, 6.45) is 0.205. The minimum absolute atomic E-state index is 0.0321. The van der Waals surface area contributed by atoms with E-state index in [1.807, 2.05) is 39.8 Å². The molecule has 0 radical (unpaired) electrons. The van der Waals surface area contributed by atoms with E-state index in [9.17, 15) is 9.59 Å². The average Bonchev–Trinajstić information content (AvgIpc) is 3.13. The maximum Gasteiger partial charge on any atom is 0.336 e. The van der Waals surface area contributed by atoms with Crippen molar-refractivity contribution in [3.63, 3.8) is 0 Å². The van der Waals surface area contributed by atoms with Crippen LogP contribution >= 0.6 is 0 Å². The smallest absolute Gasteiger partial charge is 0.336 e. The Hall–Kier alpha value is -2.14. The van der Waals surface area contributed by atoms with Gasteiger partial charge >= 0.3 is 5.63 Å². The molecule has 5 heteroatoms. The Balaban J connectivity index is 1.96. The van der Waals surface area contributed by atoms with Crippen molar-refractivity contribution >= 4 is 16.8 Å². The SMILES string of the molecule is CC(C)C(=O)Cc1c(OCC2OC2(C)C)ccc2ccc(=O)oc12. The summed E-state index contributed by atoms with van der Waals surface area (Å²) in [5.74, 6) is 0.535. The predicted molar refractivity (Wildman–Crippen MR) is 90.5 cm³/mol. The lowest BCUT2D eigenvalue weighted by Crippen LogP contribution is -2.15. The van der Waals surface area contributed by atoms with Gasteiger partial charge in [0.15, 0.2) is 0 Å². The van der Waals surface area contributed by atoms with Crippen LogP contribution in [0.5, 0.6) is 5.75 Å². The molecule has 0 aliphatic carbocycles. The minimum Gasteiger partial charge on any atom is -0.490 e. The van der Waals surface area contributed by atoms with Gasteiger partial charge in [-0.05, 0) is 32.0 Å². The predicted octanol–water partition coefficient (Wildman–Crippen LogP) is 3.12. The molecule has 1 fully saturated rings. The van der Waals surface area contributed by atoms with Gasteiger partial charge in [-0.3, -0.25) is 4.79 Å². The van der Waals surface area contributed by atoms with E-state index in [1.165, 1.54) is 6.07 Å². The molecule has 1 unspecified atom stereocenters. The zero-order chi connectivity index (χ0) is 17.5. The molecule has 0 N–H and O–H groups in total. The van der Waals surface area contributed by atoms with Crippen molar-refractivity contribution in [2.75, 3.05) is 6.61 Å². The van der Waals surface area contributed by atoms with Crippen LogP contribution in [0.4, 0.5) is 0 Å². The Labute approximate surface area is 140 Å². The van der Waals surface area contributed by atoms with Crippen LogP contribution in [-0.4, -0.2) is 24.1 Å². The molecular weight excluding hydrogens is 308 g/mol. The molecule has 2 aromatic rings. The molecule has 3 rings (SSSR count). The number of hydrogen-bond acceptors (Lipinski definition) is 5. The summed E-state index contributed by atoms with van der Waals surface area (Å²) in [6.45, 7) is 8.11. The van der Waals surface area contributed by atoms with Crippen LogP contribution in [0.25, 0.3) is 11.0 Å². The quantitative estimate of drug-likeness (QED) is 0.601. The molecule has 128 valence electrons. The van der Waals surface area contributed by atoms with E-state index in [0.29, 0.717) is 23.5 Å². The van der Waals surface area contributed by atoms with Gasteiger partial charge in [0.2, 0.25) is 0 Å². The molecule has 1 aromatic heterocycles. The first kappa shape index (κ1) is 16.7. The van der Waals surface area contributed by atoms with Crippen LogP contribution in [0.2, 0.25) is 0 Å². The summed E-state index contributed by atoms with van der Waals surface area (Å²) in [5, 5.41) is 0.775. The fraction of sp³-hybridized carbons (Fsp3) is 0.474. The lowest BCUT2D eigenvalue weighted by molar-refractivity contribution is -0.121. The van der Waals surface area contributed by atoms with Crippen LogP contribution in [0, 0.1) is 5.92 Å². The molecule has 1 aromatic carbocycles. The standard InChI is InChI=1S/C19H22O5/c1-11(2)14(20)9-13-15(22-10-16-19(3,4)24-16)7-5-12-6-8-17(21)23-18(12)13/h5-8,11,16H,9-10H2,1-4H3. The van der Waals surface area contributed by atoms with Crippen LogP contribution in [0.15, 0.2) is 33.5 Å². The van der Waals surface area contributed by atoms with Crippen molar-refractivity contribution in [2.24, 2.45) is 5.92 Å². The molecule has 0 bridgehead atoms. The van der Waals surface area contributed by atoms with Gasteiger partial charge in [-0.15, -0.1) is 0 Å². The highest BCUT2D eigenvalue weighted by molar-refractivity contribution is 5.90. The van der Waals surface area contributed by atoms with Crippen LogP contribution in [0.1, 0.15) is 33.3 Å². The molecule has 0 saturated carbocycles. The Morgan fingerprint density at radius 2 is 1.92 bits per heavy atom. The van der Waals surface area contributed by atoms with E-state index in [1.54, 1.807) is 6.07 Å². The number of fused-ring (bicyclic) bond motifs is 1. The molecule has 5 nitrogen and oxygen atoms in total. The molecule has 0 spiro atoms. The van der Waals surface area contributed by atoms with Gasteiger partial charge in [0.25, 0.3) is 0 Å². The highest BCUT2D eigenvalue weighted by Crippen LogP contribution is 2.36. The number of rotatable bonds is 6. The number of epoxide rings is 1. The van der Waals surface area contributed by atoms with E-state index >= 15 is 0 Å². The van der Waals surface area contributed by atoms with Gasteiger partial charge in [-0.25, -0.2) is 4.79 Å². The number of carbonyl (C=O) groups is 1. The van der Waals surface area contributed by atoms with Crippen LogP contribution in [0.3, 0.4) is 0 Å². The highest BCUT2D eigenvalue weighted by atomic mass is 16.6. The Kier molecular flexibility index (Phi) is 4.22. The number of carbonyl (C=O) groups excluding carboxylic acids is 1. The Morgan fingerprint density at radius 1 is 1.25 bits per heavy atom. The van der Waals surface area contributed by atoms with E-state index in [2.05, 4.69) is 0 Å². The van der Waals surface area contributed by atoms with Crippen molar-refractivity contribution in [1.82, 2.24) is 0 Å². The van der Waals surface area contributed by atoms with Gasteiger partial charge in [-0.1, -0.05) is 13.8 Å². The molecule has 1 aliphatic heterocycles. The second-order valence-electron chi connectivity index (χ2n) is 7.03. The normalized spacial score (nSPS) is 18.8. The summed E-state index contributed by atoms with van der Waals surface area (Å²) < 4.78 is 16.8. The Morgan fingerprint density at radius 3 is 2.54 bits per heavy atom. The molecule has 2 heterocycles. The van der Waals surface area contributed by atoms with Crippen molar-refractivity contribution in [3.05, 3.63) is 40.2 Å². The third-order valence-electron chi connectivity index (χ3n) is 4.40. The van der Waals surface area contributed by atoms with Crippen molar-refractivity contribution in [3.8, 4) is 5.75 Å². The molecule has 24 heavy (non-hydrogen) atoms. The van der Waals surface area contributed by atoms with Gasteiger partial charge in [0, 0.05) is 29.4 Å². The minimum atomic E-state index is -0.440. The zero-order valence-corrected chi connectivity index (χ0v) is 14.4. The summed E-state index contributed by atoms with van der Waals surface area (Å²) in [7, 11) is 0. The summed E-state index contributed by atoms with van der Waals surface area (Å²) in [6, 6.07) is 6.72. The van der Waals surface area contributed by atoms with E-state index in [4.69, 9.17) is 13.9 Å². The number of ether oxygens (including phenoxy) is 2. The monoisotopic (exact) mass is 330 g/mol. The van der Waals surface area contributed by atoms with E-state index in [0.717, 1.165) is 5.39 Å². The van der Waals surface area contributed by atoms with Crippen LogP contribution < -0.4 is 10.4 Å². The first-order valence-electron chi connectivity index (χ1n) is 8.17. The number of hydrogen-bond donors (Lipinski definition) is 0. The fourth-order valence-corrected chi connectivity index (χ4v) is 2.59. The van der Waals surface area contributed by atoms with Gasteiger partial charge in [0.1, 0.15) is 29.8 Å². The maximum absolute atomic E-state index is 12.2. The maximum atomic E-state index is 12.2. The summed E-state index contributed by atoms with van der Waals surface area (Å²) in [5.41, 5.74) is 0.439. The van der Waals surface area contributed by atoms with Crippen molar-refractivity contribution in [1.29, 1.82) is 0 Å². The van der Waals surface area contributed by atoms with E-state index < -0.39 is 5.63 Å². The molecule has 1 saturated heterocycles. The number of Topliss-reactive ketones (excluding diaryl/α,β-unsaturated/α-hetero) is 1. The third-order valence-corrected chi connectivity index (χ3v) is 4.40.